The summed E-state index contributed by atoms with van der Waals surface area (Å²) in [7, 11) is 0. The zero-order valence-electron chi connectivity index (χ0n) is 14.7. The molecule has 0 radical (unpaired) electrons. The topological polar surface area (TPSA) is 21.6 Å². The maximum absolute atomic E-state index is 6.73. The van der Waals surface area contributed by atoms with Gasteiger partial charge in [0, 0.05) is 11.1 Å². The molecule has 0 saturated carbocycles. The first-order valence-electron chi connectivity index (χ1n) is 8.75. The van der Waals surface area contributed by atoms with Crippen LogP contribution in [-0.2, 0) is 10.3 Å². The molecule has 26 heavy (non-hydrogen) atoms. The van der Waals surface area contributed by atoms with Gasteiger partial charge >= 0.3 is 0 Å². The van der Waals surface area contributed by atoms with Gasteiger partial charge in [-0.25, -0.2) is 4.99 Å². The van der Waals surface area contributed by atoms with Crippen LogP contribution in [0.15, 0.2) is 83.2 Å². The van der Waals surface area contributed by atoms with Crippen molar-refractivity contribution >= 4 is 29.0 Å². The Morgan fingerprint density at radius 3 is 2.15 bits per heavy atom. The van der Waals surface area contributed by atoms with Crippen molar-refractivity contribution in [2.75, 3.05) is 12.0 Å². The van der Waals surface area contributed by atoms with Gasteiger partial charge in [0.2, 0.25) is 5.90 Å². The number of benzene rings is 2. The van der Waals surface area contributed by atoms with Crippen LogP contribution in [0.4, 0.5) is 0 Å². The maximum Gasteiger partial charge on any atom is 0.228 e. The van der Waals surface area contributed by atoms with Gasteiger partial charge < -0.3 is 4.74 Å². The summed E-state index contributed by atoms with van der Waals surface area (Å²) in [4.78, 5) is 6.16. The van der Waals surface area contributed by atoms with Crippen LogP contribution in [0.5, 0.6) is 0 Å². The fourth-order valence-electron chi connectivity index (χ4n) is 3.53. The summed E-state index contributed by atoms with van der Waals surface area (Å²) < 4.78 is 6.73. The SMILES string of the molecule is CSCC[C@@H]1N=C(c2cccs2)OC1(c1ccccc1)c1ccccc1. The normalized spacial score (nSPS) is 18.3. The van der Waals surface area contributed by atoms with Crippen LogP contribution in [0.25, 0.3) is 0 Å². The van der Waals surface area contributed by atoms with E-state index < -0.39 is 5.60 Å². The van der Waals surface area contributed by atoms with E-state index in [1.165, 1.54) is 0 Å². The predicted octanol–water partition coefficient (Wildman–Crippen LogP) is 5.59. The van der Waals surface area contributed by atoms with E-state index >= 15 is 0 Å². The number of hydrogen-bond donors (Lipinski definition) is 0. The third-order valence-electron chi connectivity index (χ3n) is 4.73. The van der Waals surface area contributed by atoms with Crippen molar-refractivity contribution in [2.24, 2.45) is 4.99 Å². The molecule has 0 bridgehead atoms. The number of aliphatic imine (C=N–C) groups is 1. The van der Waals surface area contributed by atoms with Gasteiger partial charge in [0.15, 0.2) is 5.60 Å². The van der Waals surface area contributed by atoms with Crippen molar-refractivity contribution in [3.05, 3.63) is 94.2 Å². The second-order valence-electron chi connectivity index (χ2n) is 6.28. The van der Waals surface area contributed by atoms with Crippen molar-refractivity contribution in [3.63, 3.8) is 0 Å². The van der Waals surface area contributed by atoms with Gasteiger partial charge in [-0.15, -0.1) is 11.3 Å². The van der Waals surface area contributed by atoms with Crippen LogP contribution < -0.4 is 0 Å². The summed E-state index contributed by atoms with van der Waals surface area (Å²) in [6.45, 7) is 0. The molecule has 1 aliphatic heterocycles. The van der Waals surface area contributed by atoms with E-state index in [0.29, 0.717) is 0 Å². The Morgan fingerprint density at radius 2 is 1.62 bits per heavy atom. The quantitative estimate of drug-likeness (QED) is 0.557. The molecular formula is C22H21NOS2. The average Bonchev–Trinajstić information content (AvgIpc) is 3.36. The molecule has 0 aliphatic carbocycles. The van der Waals surface area contributed by atoms with Crippen LogP contribution >= 0.6 is 23.1 Å². The second kappa shape index (κ2) is 7.68. The summed E-state index contributed by atoms with van der Waals surface area (Å²) in [5, 5.41) is 2.07. The lowest BCUT2D eigenvalue weighted by molar-refractivity contribution is 0.0972. The molecule has 0 N–H and O–H groups in total. The van der Waals surface area contributed by atoms with Gasteiger partial charge in [0.05, 0.1) is 4.88 Å². The van der Waals surface area contributed by atoms with Gasteiger partial charge in [0.1, 0.15) is 6.04 Å². The molecule has 2 aromatic carbocycles. The first-order chi connectivity index (χ1) is 12.8. The molecule has 0 unspecified atom stereocenters. The largest absolute Gasteiger partial charge is 0.458 e. The highest BCUT2D eigenvalue weighted by molar-refractivity contribution is 7.98. The number of thiophene rings is 1. The smallest absolute Gasteiger partial charge is 0.228 e. The molecule has 0 fully saturated rings. The molecule has 2 nitrogen and oxygen atoms in total. The number of nitrogens with zero attached hydrogens (tertiary/aromatic N) is 1. The van der Waals surface area contributed by atoms with E-state index in [0.717, 1.165) is 34.1 Å². The standard InChI is InChI=1S/C22H21NOS2/c1-25-16-14-20-22(17-9-4-2-5-10-17,18-11-6-3-7-12-18)24-21(23-20)19-13-8-15-26-19/h2-13,15,20H,14,16H2,1H3/t20-/m0/s1. The highest BCUT2D eigenvalue weighted by atomic mass is 32.2. The lowest BCUT2D eigenvalue weighted by atomic mass is 9.79. The molecule has 4 heteroatoms. The maximum atomic E-state index is 6.73. The molecule has 0 spiro atoms. The van der Waals surface area contributed by atoms with E-state index in [4.69, 9.17) is 9.73 Å². The molecule has 3 aromatic rings. The van der Waals surface area contributed by atoms with Crippen LogP contribution in [0.1, 0.15) is 22.4 Å². The highest BCUT2D eigenvalue weighted by Crippen LogP contribution is 2.45. The van der Waals surface area contributed by atoms with E-state index in [1.807, 2.05) is 17.8 Å². The summed E-state index contributed by atoms with van der Waals surface area (Å²) in [5.74, 6) is 1.82. The molecular weight excluding hydrogens is 358 g/mol. The van der Waals surface area contributed by atoms with Gasteiger partial charge in [0.25, 0.3) is 0 Å². The Bertz CT molecular complexity index is 820. The van der Waals surface area contributed by atoms with Crippen molar-refractivity contribution < 1.29 is 4.74 Å². The summed E-state index contributed by atoms with van der Waals surface area (Å²) >= 11 is 3.53. The molecule has 1 atom stereocenters. The summed E-state index contributed by atoms with van der Waals surface area (Å²) in [5.41, 5.74) is 1.75. The van der Waals surface area contributed by atoms with Crippen LogP contribution in [0.3, 0.4) is 0 Å². The number of thioether (sulfide) groups is 1. The van der Waals surface area contributed by atoms with E-state index in [1.54, 1.807) is 11.3 Å². The average molecular weight is 380 g/mol. The molecule has 0 amide bonds. The van der Waals surface area contributed by atoms with E-state index in [9.17, 15) is 0 Å². The van der Waals surface area contributed by atoms with Gasteiger partial charge in [-0.3, -0.25) is 0 Å². The van der Waals surface area contributed by atoms with Crippen molar-refractivity contribution in [1.82, 2.24) is 0 Å². The highest BCUT2D eigenvalue weighted by Gasteiger charge is 2.49. The fraction of sp³-hybridized carbons (Fsp3) is 0.227. The van der Waals surface area contributed by atoms with Crippen molar-refractivity contribution in [2.45, 2.75) is 18.1 Å². The van der Waals surface area contributed by atoms with Crippen LogP contribution in [0, 0.1) is 0 Å². The predicted molar refractivity (Wildman–Crippen MR) is 112 cm³/mol. The zero-order valence-corrected chi connectivity index (χ0v) is 16.3. The van der Waals surface area contributed by atoms with E-state index in [2.05, 4.69) is 78.4 Å². The van der Waals surface area contributed by atoms with Crippen LogP contribution in [0.2, 0.25) is 0 Å². The van der Waals surface area contributed by atoms with Crippen molar-refractivity contribution in [1.29, 1.82) is 0 Å². The Balaban J connectivity index is 1.86. The molecule has 1 aromatic heterocycles. The lowest BCUT2D eigenvalue weighted by Crippen LogP contribution is -2.39. The van der Waals surface area contributed by atoms with Gasteiger partial charge in [-0.1, -0.05) is 66.7 Å². The fourth-order valence-corrected chi connectivity index (χ4v) is 4.65. The number of hydrogen-bond acceptors (Lipinski definition) is 4. The number of ether oxygens (including phenoxy) is 1. The summed E-state index contributed by atoms with van der Waals surface area (Å²) in [6.07, 6.45) is 3.12. The van der Waals surface area contributed by atoms with Crippen LogP contribution in [-0.4, -0.2) is 23.9 Å². The lowest BCUT2D eigenvalue weighted by Gasteiger charge is -2.34. The Hall–Kier alpha value is -2.04. The third kappa shape index (κ3) is 3.08. The van der Waals surface area contributed by atoms with E-state index in [-0.39, 0.29) is 6.04 Å². The minimum atomic E-state index is -0.572. The van der Waals surface area contributed by atoms with Crippen molar-refractivity contribution in [3.8, 4) is 0 Å². The summed E-state index contributed by atoms with van der Waals surface area (Å²) in [6, 6.07) is 25.2. The molecule has 0 saturated heterocycles. The minimum Gasteiger partial charge on any atom is -0.458 e. The Morgan fingerprint density at radius 1 is 0.962 bits per heavy atom. The number of rotatable bonds is 6. The Kier molecular flexibility index (Phi) is 5.14. The first kappa shape index (κ1) is 17.4. The minimum absolute atomic E-state index is 0.0526. The van der Waals surface area contributed by atoms with Gasteiger partial charge in [-0.05, 0) is 29.9 Å². The third-order valence-corrected chi connectivity index (χ3v) is 6.23. The monoisotopic (exact) mass is 379 g/mol. The van der Waals surface area contributed by atoms with Gasteiger partial charge in [-0.2, -0.15) is 11.8 Å². The zero-order chi connectivity index (χ0) is 17.8. The molecule has 132 valence electrons. The molecule has 1 aliphatic rings. The first-order valence-corrected chi connectivity index (χ1v) is 11.0. The molecule has 4 rings (SSSR count). The Labute approximate surface area is 163 Å². The second-order valence-corrected chi connectivity index (χ2v) is 8.21. The molecule has 2 heterocycles.